The Balaban J connectivity index is 1.60. The Hall–Kier alpha value is -2.19. The zero-order chi connectivity index (χ0) is 19.9. The van der Waals surface area contributed by atoms with E-state index in [4.69, 9.17) is 0 Å². The molecule has 3 N–H and O–H groups in total. The molecule has 1 aliphatic heterocycles. The van der Waals surface area contributed by atoms with Gasteiger partial charge >= 0.3 is 0 Å². The molecule has 0 aliphatic carbocycles. The number of aromatic amines is 2. The van der Waals surface area contributed by atoms with Gasteiger partial charge in [-0.05, 0) is 19.0 Å². The van der Waals surface area contributed by atoms with Crippen LogP contribution in [0.3, 0.4) is 0 Å². The molecule has 0 bridgehead atoms. The van der Waals surface area contributed by atoms with Gasteiger partial charge in [-0.3, -0.25) is 24.8 Å². The Morgan fingerprint density at radius 2 is 1.93 bits per heavy atom. The second-order valence-corrected chi connectivity index (χ2v) is 7.74. The van der Waals surface area contributed by atoms with Crippen LogP contribution >= 0.6 is 0 Å². The summed E-state index contributed by atoms with van der Waals surface area (Å²) >= 11 is 0. The minimum Gasteiger partial charge on any atom is -0.346 e. The number of hydrogen-bond acceptors (Lipinski definition) is 5. The van der Waals surface area contributed by atoms with Gasteiger partial charge in [-0.25, -0.2) is 0 Å². The number of carbonyl (C=O) groups is 1. The predicted molar refractivity (Wildman–Crippen MR) is 111 cm³/mol. The second-order valence-electron chi connectivity index (χ2n) is 7.74. The Bertz CT molecular complexity index is 835. The lowest BCUT2D eigenvalue weighted by Crippen LogP contribution is -2.43. The highest BCUT2D eigenvalue weighted by Crippen LogP contribution is 2.16. The number of nitrogens with zero attached hydrogens (tertiary/aromatic N) is 3. The molecule has 1 saturated heterocycles. The van der Waals surface area contributed by atoms with Gasteiger partial charge in [-0.2, -0.15) is 4.98 Å². The normalized spacial score (nSPS) is 15.9. The third kappa shape index (κ3) is 5.42. The number of H-pyrrole nitrogens is 2. The summed E-state index contributed by atoms with van der Waals surface area (Å²) in [4.78, 5) is 39.5. The number of aromatic nitrogens is 3. The van der Waals surface area contributed by atoms with Gasteiger partial charge in [0.05, 0.1) is 5.39 Å². The monoisotopic (exact) mass is 388 g/mol. The summed E-state index contributed by atoms with van der Waals surface area (Å²) in [5.74, 6) is 0.104. The maximum absolute atomic E-state index is 12.6. The van der Waals surface area contributed by atoms with Gasteiger partial charge in [-0.1, -0.05) is 32.6 Å². The Morgan fingerprint density at radius 1 is 1.18 bits per heavy atom. The van der Waals surface area contributed by atoms with Gasteiger partial charge in [0.2, 0.25) is 11.9 Å². The molecule has 0 saturated carbocycles. The molecule has 1 amide bonds. The van der Waals surface area contributed by atoms with Crippen LogP contribution in [-0.4, -0.2) is 63.9 Å². The highest BCUT2D eigenvalue weighted by molar-refractivity contribution is 5.90. The average molecular weight is 389 g/mol. The maximum Gasteiger partial charge on any atom is 0.262 e. The first-order valence-corrected chi connectivity index (χ1v) is 10.4. The third-order valence-corrected chi connectivity index (χ3v) is 5.38. The fourth-order valence-electron chi connectivity index (χ4n) is 3.62. The number of fused-ring (bicyclic) bond motifs is 1. The van der Waals surface area contributed by atoms with Crippen LogP contribution in [0.4, 0.5) is 5.95 Å². The largest absolute Gasteiger partial charge is 0.346 e. The van der Waals surface area contributed by atoms with Crippen molar-refractivity contribution in [3.8, 4) is 0 Å². The molecule has 0 aromatic carbocycles. The number of anilines is 1. The smallest absolute Gasteiger partial charge is 0.262 e. The van der Waals surface area contributed by atoms with Gasteiger partial charge in [0, 0.05) is 45.3 Å². The first-order chi connectivity index (χ1) is 13.6. The van der Waals surface area contributed by atoms with Crippen LogP contribution in [0.1, 0.15) is 51.0 Å². The molecule has 2 aromatic rings. The molecule has 3 heterocycles. The number of carbonyl (C=O) groups excluding carboxylic acids is 1. The van der Waals surface area contributed by atoms with Crippen molar-refractivity contribution in [2.45, 2.75) is 52.0 Å². The fraction of sp³-hybridized carbons (Fsp3) is 0.650. The Morgan fingerprint density at radius 3 is 2.68 bits per heavy atom. The van der Waals surface area contributed by atoms with E-state index in [1.54, 1.807) is 0 Å². The first kappa shape index (κ1) is 20.5. The minimum absolute atomic E-state index is 0.108. The van der Waals surface area contributed by atoms with Crippen molar-refractivity contribution in [2.75, 3.05) is 38.5 Å². The van der Waals surface area contributed by atoms with Crippen LogP contribution in [0.5, 0.6) is 0 Å². The molecule has 0 atom stereocenters. The fourth-order valence-corrected chi connectivity index (χ4v) is 3.62. The van der Waals surface area contributed by atoms with Crippen molar-refractivity contribution in [3.63, 3.8) is 0 Å². The zero-order valence-corrected chi connectivity index (χ0v) is 17.0. The number of nitrogens with one attached hydrogen (secondary N) is 3. The molecule has 8 nitrogen and oxygen atoms in total. The lowest BCUT2D eigenvalue weighted by Gasteiger charge is -2.32. The van der Waals surface area contributed by atoms with E-state index in [1.165, 1.54) is 12.8 Å². The van der Waals surface area contributed by atoms with E-state index in [2.05, 4.69) is 44.0 Å². The molecule has 0 unspecified atom stereocenters. The summed E-state index contributed by atoms with van der Waals surface area (Å²) in [6.07, 6.45) is 7.76. The van der Waals surface area contributed by atoms with Crippen LogP contribution in [0.15, 0.2) is 11.0 Å². The lowest BCUT2D eigenvalue weighted by molar-refractivity contribution is -0.116. The lowest BCUT2D eigenvalue weighted by atomic mass is 10.1. The van der Waals surface area contributed by atoms with Crippen molar-refractivity contribution < 1.29 is 4.79 Å². The van der Waals surface area contributed by atoms with Crippen LogP contribution in [-0.2, 0) is 11.3 Å². The van der Waals surface area contributed by atoms with Crippen molar-refractivity contribution >= 4 is 22.9 Å². The average Bonchev–Trinajstić information content (AvgIpc) is 3.06. The van der Waals surface area contributed by atoms with Gasteiger partial charge in [0.15, 0.2) is 0 Å². The second kappa shape index (κ2) is 9.84. The summed E-state index contributed by atoms with van der Waals surface area (Å²) in [5, 5.41) is 3.30. The van der Waals surface area contributed by atoms with Crippen LogP contribution in [0.2, 0.25) is 0 Å². The summed E-state index contributed by atoms with van der Waals surface area (Å²) in [5.41, 5.74) is 1.25. The minimum atomic E-state index is -0.214. The van der Waals surface area contributed by atoms with Crippen LogP contribution < -0.4 is 10.9 Å². The molecule has 3 rings (SSSR count). The molecule has 2 aromatic heterocycles. The molecule has 1 fully saturated rings. The van der Waals surface area contributed by atoms with Gasteiger partial charge < -0.3 is 9.88 Å². The van der Waals surface area contributed by atoms with Crippen molar-refractivity contribution in [3.05, 3.63) is 22.1 Å². The molecule has 28 heavy (non-hydrogen) atoms. The van der Waals surface area contributed by atoms with E-state index >= 15 is 0 Å². The molecular weight excluding hydrogens is 356 g/mol. The predicted octanol–water partition coefficient (Wildman–Crippen LogP) is 2.30. The summed E-state index contributed by atoms with van der Waals surface area (Å²) < 4.78 is 0. The van der Waals surface area contributed by atoms with Gasteiger partial charge in [0.1, 0.15) is 5.65 Å². The Kier molecular flexibility index (Phi) is 7.22. The number of rotatable bonds is 9. The number of amides is 1. The molecule has 0 spiro atoms. The van der Waals surface area contributed by atoms with Crippen LogP contribution in [0.25, 0.3) is 11.0 Å². The van der Waals surface area contributed by atoms with Crippen molar-refractivity contribution in [1.82, 2.24) is 24.8 Å². The van der Waals surface area contributed by atoms with E-state index in [9.17, 15) is 9.59 Å². The maximum atomic E-state index is 12.6. The number of hydrogen-bond donors (Lipinski definition) is 3. The molecule has 8 heteroatoms. The molecular formula is C20H32N6O2. The number of likely N-dealkylation sites (N-methyl/N-ethyl adjacent to an activating group) is 1. The SMILES string of the molecule is CCCCCCCC(=O)Nc1nc2[nH]cc(CN3CCN(C)CC3)c2c(=O)[nH]1. The first-order valence-electron chi connectivity index (χ1n) is 10.4. The Labute approximate surface area is 165 Å². The van der Waals surface area contributed by atoms with Gasteiger partial charge in [-0.15, -0.1) is 0 Å². The van der Waals surface area contributed by atoms with E-state index in [0.29, 0.717) is 17.5 Å². The quantitative estimate of drug-likeness (QED) is 0.573. The van der Waals surface area contributed by atoms with Gasteiger partial charge in [0.25, 0.3) is 5.56 Å². The molecule has 1 aliphatic rings. The zero-order valence-electron chi connectivity index (χ0n) is 17.0. The molecule has 0 radical (unpaired) electrons. The van der Waals surface area contributed by atoms with E-state index < -0.39 is 0 Å². The van der Waals surface area contributed by atoms with E-state index in [0.717, 1.165) is 57.5 Å². The van der Waals surface area contributed by atoms with E-state index in [1.807, 2.05) is 6.20 Å². The molecule has 154 valence electrons. The number of unbranched alkanes of at least 4 members (excludes halogenated alkanes) is 4. The summed E-state index contributed by atoms with van der Waals surface area (Å²) in [6, 6.07) is 0. The van der Waals surface area contributed by atoms with Crippen molar-refractivity contribution in [1.29, 1.82) is 0 Å². The highest BCUT2D eigenvalue weighted by Gasteiger charge is 2.18. The highest BCUT2D eigenvalue weighted by atomic mass is 16.2. The summed E-state index contributed by atoms with van der Waals surface area (Å²) in [7, 11) is 2.12. The van der Waals surface area contributed by atoms with Crippen molar-refractivity contribution in [2.24, 2.45) is 0 Å². The standard InChI is InChI=1S/C20H32N6O2/c1-3-4-5-6-7-8-16(27)22-20-23-18-17(19(28)24-20)15(13-21-18)14-26-11-9-25(2)10-12-26/h13H,3-12,14H2,1-2H3,(H3,21,22,23,24,27,28). The van der Waals surface area contributed by atoms with Crippen LogP contribution in [0, 0.1) is 0 Å². The third-order valence-electron chi connectivity index (χ3n) is 5.38. The topological polar surface area (TPSA) is 97.1 Å². The number of piperazine rings is 1. The summed E-state index contributed by atoms with van der Waals surface area (Å²) in [6.45, 7) is 6.93. The van der Waals surface area contributed by atoms with E-state index in [-0.39, 0.29) is 17.4 Å².